The highest BCUT2D eigenvalue weighted by Crippen LogP contribution is 2.49. The Kier molecular flexibility index (Phi) is 6.03. The molecule has 1 atom stereocenters. The summed E-state index contributed by atoms with van der Waals surface area (Å²) in [5.41, 5.74) is 7.05. The van der Waals surface area contributed by atoms with Gasteiger partial charge in [0.1, 0.15) is 0 Å². The van der Waals surface area contributed by atoms with E-state index < -0.39 is 0 Å². The second kappa shape index (κ2) is 8.18. The molecule has 154 valence electrons. The van der Waals surface area contributed by atoms with E-state index in [0.717, 1.165) is 5.56 Å². The molecule has 0 aromatic heterocycles. The first kappa shape index (κ1) is 21.4. The van der Waals surface area contributed by atoms with Crippen LogP contribution in [0.4, 0.5) is 0 Å². The number of benzene rings is 2. The van der Waals surface area contributed by atoms with Crippen molar-refractivity contribution in [3.63, 3.8) is 0 Å². The SMILES string of the molecule is CCOC(=O)/C=C/c1ccccc1C(C)c1cccc2c1C(C)(C)CCC2(C)C. The van der Waals surface area contributed by atoms with Gasteiger partial charge in [0.25, 0.3) is 0 Å². The second-order valence-electron chi connectivity index (χ2n) is 9.47. The van der Waals surface area contributed by atoms with E-state index in [2.05, 4.69) is 71.0 Å². The van der Waals surface area contributed by atoms with Crippen molar-refractivity contribution in [1.29, 1.82) is 0 Å². The minimum absolute atomic E-state index is 0.158. The van der Waals surface area contributed by atoms with Crippen LogP contribution >= 0.6 is 0 Å². The molecule has 0 fully saturated rings. The van der Waals surface area contributed by atoms with Crippen LogP contribution in [0.2, 0.25) is 0 Å². The Morgan fingerprint density at radius 3 is 2.38 bits per heavy atom. The Labute approximate surface area is 176 Å². The van der Waals surface area contributed by atoms with Gasteiger partial charge < -0.3 is 4.74 Å². The molecule has 1 aliphatic rings. The van der Waals surface area contributed by atoms with Crippen LogP contribution in [0.3, 0.4) is 0 Å². The Morgan fingerprint density at radius 2 is 1.66 bits per heavy atom. The predicted octanol–water partition coefficient (Wildman–Crippen LogP) is 6.76. The van der Waals surface area contributed by atoms with Gasteiger partial charge in [-0.15, -0.1) is 0 Å². The lowest BCUT2D eigenvalue weighted by Gasteiger charge is -2.44. The number of hydrogen-bond acceptors (Lipinski definition) is 2. The third kappa shape index (κ3) is 4.32. The average molecular weight is 391 g/mol. The number of esters is 1. The molecule has 0 amide bonds. The Bertz CT molecular complexity index is 918. The molecule has 2 aromatic rings. The fourth-order valence-corrected chi connectivity index (χ4v) is 4.71. The molecule has 0 aliphatic heterocycles. The molecule has 0 spiro atoms. The summed E-state index contributed by atoms with van der Waals surface area (Å²) >= 11 is 0. The van der Waals surface area contributed by atoms with E-state index in [-0.39, 0.29) is 22.7 Å². The maximum Gasteiger partial charge on any atom is 0.330 e. The van der Waals surface area contributed by atoms with Gasteiger partial charge in [0.05, 0.1) is 6.61 Å². The highest BCUT2D eigenvalue weighted by molar-refractivity contribution is 5.87. The first-order valence-corrected chi connectivity index (χ1v) is 10.7. The molecular weight excluding hydrogens is 356 g/mol. The van der Waals surface area contributed by atoms with Crippen LogP contribution < -0.4 is 0 Å². The van der Waals surface area contributed by atoms with Gasteiger partial charge in [-0.2, -0.15) is 0 Å². The van der Waals surface area contributed by atoms with Crippen LogP contribution in [0.5, 0.6) is 0 Å². The van der Waals surface area contributed by atoms with Crippen LogP contribution in [0.1, 0.15) is 88.1 Å². The summed E-state index contributed by atoms with van der Waals surface area (Å²) in [7, 11) is 0. The standard InChI is InChI=1S/C27H34O2/c1-7-29-24(28)16-15-20-11-8-9-12-21(20)19(2)22-13-10-14-23-25(22)27(5,6)18-17-26(23,3)4/h8-16,19H,7,17-18H2,1-6H3/b16-15+. The molecule has 0 radical (unpaired) electrons. The van der Waals surface area contributed by atoms with Gasteiger partial charge in [0.2, 0.25) is 0 Å². The summed E-state index contributed by atoms with van der Waals surface area (Å²) in [5.74, 6) is -0.0592. The number of carbonyl (C=O) groups is 1. The number of hydrogen-bond donors (Lipinski definition) is 0. The van der Waals surface area contributed by atoms with Crippen molar-refractivity contribution in [3.8, 4) is 0 Å². The summed E-state index contributed by atoms with van der Waals surface area (Å²) in [6.45, 7) is 14.0. The van der Waals surface area contributed by atoms with Gasteiger partial charge in [-0.05, 0) is 64.5 Å². The minimum atomic E-state index is -0.296. The van der Waals surface area contributed by atoms with E-state index in [1.54, 1.807) is 0 Å². The van der Waals surface area contributed by atoms with E-state index in [1.807, 2.05) is 19.1 Å². The van der Waals surface area contributed by atoms with Gasteiger partial charge in [0.15, 0.2) is 0 Å². The second-order valence-corrected chi connectivity index (χ2v) is 9.47. The van der Waals surface area contributed by atoms with E-state index >= 15 is 0 Å². The topological polar surface area (TPSA) is 26.3 Å². The van der Waals surface area contributed by atoms with Gasteiger partial charge in [-0.1, -0.05) is 77.1 Å². The predicted molar refractivity (Wildman–Crippen MR) is 121 cm³/mol. The number of rotatable bonds is 5. The van der Waals surface area contributed by atoms with Crippen molar-refractivity contribution in [2.75, 3.05) is 6.61 Å². The van der Waals surface area contributed by atoms with Crippen LogP contribution in [-0.4, -0.2) is 12.6 Å². The zero-order valence-electron chi connectivity index (χ0n) is 18.7. The van der Waals surface area contributed by atoms with Crippen molar-refractivity contribution in [1.82, 2.24) is 0 Å². The molecule has 29 heavy (non-hydrogen) atoms. The van der Waals surface area contributed by atoms with E-state index in [1.165, 1.54) is 41.2 Å². The summed E-state index contributed by atoms with van der Waals surface area (Å²) in [6.07, 6.45) is 5.82. The van der Waals surface area contributed by atoms with E-state index in [9.17, 15) is 4.79 Å². The van der Waals surface area contributed by atoms with Crippen molar-refractivity contribution in [3.05, 3.63) is 76.4 Å². The van der Waals surface area contributed by atoms with Crippen LogP contribution in [0.15, 0.2) is 48.5 Å². The van der Waals surface area contributed by atoms with Crippen LogP contribution in [0, 0.1) is 0 Å². The maximum atomic E-state index is 11.8. The first-order valence-electron chi connectivity index (χ1n) is 10.7. The fourth-order valence-electron chi connectivity index (χ4n) is 4.71. The molecule has 0 N–H and O–H groups in total. The maximum absolute atomic E-state index is 11.8. The van der Waals surface area contributed by atoms with Crippen molar-refractivity contribution in [2.45, 2.75) is 71.1 Å². The lowest BCUT2D eigenvalue weighted by Crippen LogP contribution is -2.35. The molecule has 2 heteroatoms. The normalized spacial score (nSPS) is 18.3. The molecular formula is C27H34O2. The van der Waals surface area contributed by atoms with Gasteiger partial charge in [-0.25, -0.2) is 4.79 Å². The highest BCUT2D eigenvalue weighted by Gasteiger charge is 2.39. The molecule has 0 bridgehead atoms. The van der Waals surface area contributed by atoms with E-state index in [0.29, 0.717) is 6.61 Å². The molecule has 1 aliphatic carbocycles. The lowest BCUT2D eigenvalue weighted by atomic mass is 9.61. The zero-order chi connectivity index (χ0) is 21.2. The molecule has 0 saturated carbocycles. The molecule has 3 rings (SSSR count). The number of ether oxygens (including phenoxy) is 1. The Morgan fingerprint density at radius 1 is 1.00 bits per heavy atom. The minimum Gasteiger partial charge on any atom is -0.463 e. The third-order valence-corrected chi connectivity index (χ3v) is 6.49. The molecule has 1 unspecified atom stereocenters. The highest BCUT2D eigenvalue weighted by atomic mass is 16.5. The third-order valence-electron chi connectivity index (χ3n) is 6.49. The summed E-state index contributed by atoms with van der Waals surface area (Å²) < 4.78 is 5.05. The first-order chi connectivity index (χ1) is 13.7. The molecule has 2 aromatic carbocycles. The average Bonchev–Trinajstić information content (AvgIpc) is 2.69. The van der Waals surface area contributed by atoms with Gasteiger partial charge >= 0.3 is 5.97 Å². The van der Waals surface area contributed by atoms with Gasteiger partial charge in [-0.3, -0.25) is 0 Å². The smallest absolute Gasteiger partial charge is 0.330 e. The van der Waals surface area contributed by atoms with Crippen molar-refractivity contribution >= 4 is 12.0 Å². The Hall–Kier alpha value is -2.35. The van der Waals surface area contributed by atoms with E-state index in [4.69, 9.17) is 4.74 Å². The van der Waals surface area contributed by atoms with Crippen molar-refractivity contribution in [2.24, 2.45) is 0 Å². The summed E-state index contributed by atoms with van der Waals surface area (Å²) in [4.78, 5) is 11.8. The van der Waals surface area contributed by atoms with Crippen LogP contribution in [-0.2, 0) is 20.4 Å². The largest absolute Gasteiger partial charge is 0.463 e. The van der Waals surface area contributed by atoms with Crippen LogP contribution in [0.25, 0.3) is 6.08 Å². The molecule has 2 nitrogen and oxygen atoms in total. The number of carbonyl (C=O) groups excluding carboxylic acids is 1. The van der Waals surface area contributed by atoms with Crippen molar-refractivity contribution < 1.29 is 9.53 Å². The summed E-state index contributed by atoms with van der Waals surface area (Å²) in [6, 6.07) is 15.2. The summed E-state index contributed by atoms with van der Waals surface area (Å²) in [5, 5.41) is 0. The lowest BCUT2D eigenvalue weighted by molar-refractivity contribution is -0.137. The Balaban J connectivity index is 2.08. The number of fused-ring (bicyclic) bond motifs is 1. The fraction of sp³-hybridized carbons (Fsp3) is 0.444. The quantitative estimate of drug-likeness (QED) is 0.416. The zero-order valence-corrected chi connectivity index (χ0v) is 18.7. The molecule has 0 saturated heterocycles. The molecule has 0 heterocycles. The monoisotopic (exact) mass is 390 g/mol. The van der Waals surface area contributed by atoms with Gasteiger partial charge in [0, 0.05) is 12.0 Å².